The molecule has 12 nitrogen and oxygen atoms in total. The van der Waals surface area contributed by atoms with E-state index in [1.165, 1.54) is 42.8 Å². The molecule has 0 fully saturated rings. The molecular weight excluding hydrogens is 997 g/mol. The highest BCUT2D eigenvalue weighted by molar-refractivity contribution is 9.10. The smallest absolute Gasteiger partial charge is 0.423 e. The second kappa shape index (κ2) is 17.6. The number of hydrogen-bond acceptors (Lipinski definition) is 12. The minimum absolute atomic E-state index is 0.136. The van der Waals surface area contributed by atoms with E-state index in [-0.39, 0.29) is 26.1 Å². The van der Waals surface area contributed by atoms with Gasteiger partial charge in [-0.25, -0.2) is 35.6 Å². The van der Waals surface area contributed by atoms with Crippen LogP contribution >= 0.6 is 15.9 Å². The molecule has 6 heterocycles. The van der Waals surface area contributed by atoms with Crippen molar-refractivity contribution in [2.75, 3.05) is 35.4 Å². The third kappa shape index (κ3) is 8.73. The number of pyridine rings is 4. The standard InChI is InChI=1S/C26H25BFN3O4S.C26H23BrFN3O2S/c1-15-23(19-7-5-6-8-22(19)36(4,34)35)30-20-12-17(28)9-10-18(20)24(15)31-14-26(2,3)25-21(31)11-16(13-29-25)27(32)33;1-15-23(19-7-5-6-8-22(19)34(4,32)33)30-20-12-17(28)9-10-18(20)24(15)31-14-26(2,3)25-21(31)11-16(27)13-29-25/h5-13,32-33H,14H2,1-4H3;5-13H,14H2,1-4H3. The van der Waals surface area contributed by atoms with Gasteiger partial charge in [0.1, 0.15) is 11.6 Å². The Bertz CT molecular complexity index is 3710. The minimum Gasteiger partial charge on any atom is -0.423 e. The molecule has 0 amide bonds. The van der Waals surface area contributed by atoms with Crippen LogP contribution in [0.4, 0.5) is 31.5 Å². The van der Waals surface area contributed by atoms with Crippen molar-refractivity contribution in [3.63, 3.8) is 0 Å². The summed E-state index contributed by atoms with van der Waals surface area (Å²) in [5, 5.41) is 21.1. The molecule has 0 aliphatic carbocycles. The highest BCUT2D eigenvalue weighted by atomic mass is 79.9. The molecular formula is C52H48BBrF2N6O6S2. The molecule has 358 valence electrons. The molecule has 0 atom stereocenters. The van der Waals surface area contributed by atoms with Crippen LogP contribution in [-0.4, -0.2) is 79.5 Å². The highest BCUT2D eigenvalue weighted by Crippen LogP contribution is 2.50. The van der Waals surface area contributed by atoms with Crippen LogP contribution in [0, 0.1) is 25.5 Å². The number of halogens is 3. The molecule has 0 spiro atoms. The predicted octanol–water partition coefficient (Wildman–Crippen LogP) is 9.60. The lowest BCUT2D eigenvalue weighted by atomic mass is 9.80. The first-order chi connectivity index (χ1) is 32.9. The van der Waals surface area contributed by atoms with Gasteiger partial charge >= 0.3 is 7.12 Å². The maximum absolute atomic E-state index is 14.3. The van der Waals surface area contributed by atoms with E-state index >= 15 is 0 Å². The molecule has 2 aliphatic rings. The molecule has 0 saturated heterocycles. The second-order valence-corrected chi connectivity index (χ2v) is 24.1. The Balaban J connectivity index is 0.000000174. The lowest BCUT2D eigenvalue weighted by Crippen LogP contribution is -2.31. The van der Waals surface area contributed by atoms with Crippen LogP contribution < -0.4 is 15.3 Å². The first-order valence-electron chi connectivity index (χ1n) is 22.2. The Kier molecular flexibility index (Phi) is 12.3. The van der Waals surface area contributed by atoms with Gasteiger partial charge in [-0.15, -0.1) is 0 Å². The summed E-state index contributed by atoms with van der Waals surface area (Å²) in [4.78, 5) is 23.3. The summed E-state index contributed by atoms with van der Waals surface area (Å²) < 4.78 is 79.8. The number of hydrogen-bond donors (Lipinski definition) is 2. The fourth-order valence-corrected chi connectivity index (χ4v) is 11.9. The number of benzene rings is 4. The molecule has 0 unspecified atom stereocenters. The molecule has 4 aromatic heterocycles. The van der Waals surface area contributed by atoms with Crippen LogP contribution in [0.25, 0.3) is 44.3 Å². The van der Waals surface area contributed by atoms with E-state index in [1.54, 1.807) is 66.9 Å². The molecule has 10 rings (SSSR count). The number of sulfone groups is 2. The van der Waals surface area contributed by atoms with E-state index in [2.05, 4.69) is 39.7 Å². The lowest BCUT2D eigenvalue weighted by Gasteiger charge is -2.27. The van der Waals surface area contributed by atoms with Crippen molar-refractivity contribution >= 4 is 92.7 Å². The van der Waals surface area contributed by atoms with Crippen molar-refractivity contribution in [2.45, 2.75) is 62.2 Å². The van der Waals surface area contributed by atoms with Gasteiger partial charge in [0.25, 0.3) is 0 Å². The molecule has 4 aromatic carbocycles. The Morgan fingerprint density at radius 1 is 0.614 bits per heavy atom. The van der Waals surface area contributed by atoms with E-state index in [0.29, 0.717) is 63.3 Å². The maximum Gasteiger partial charge on any atom is 0.490 e. The van der Waals surface area contributed by atoms with E-state index < -0.39 is 38.4 Å². The van der Waals surface area contributed by atoms with Crippen molar-refractivity contribution in [1.29, 1.82) is 0 Å². The van der Waals surface area contributed by atoms with Gasteiger partial charge < -0.3 is 19.8 Å². The van der Waals surface area contributed by atoms with Gasteiger partial charge in [-0.1, -0.05) is 64.1 Å². The van der Waals surface area contributed by atoms with Gasteiger partial charge in [-0.2, -0.15) is 0 Å². The van der Waals surface area contributed by atoms with Crippen LogP contribution in [-0.2, 0) is 30.5 Å². The van der Waals surface area contributed by atoms with Crippen molar-refractivity contribution in [1.82, 2.24) is 19.9 Å². The van der Waals surface area contributed by atoms with E-state index in [9.17, 15) is 35.7 Å². The quantitative estimate of drug-likeness (QED) is 0.145. The summed E-state index contributed by atoms with van der Waals surface area (Å²) in [6.45, 7) is 13.4. The van der Waals surface area contributed by atoms with Gasteiger partial charge in [0, 0.05) is 92.8 Å². The van der Waals surface area contributed by atoms with Gasteiger partial charge in [0.05, 0.1) is 66.3 Å². The minimum atomic E-state index is -3.57. The summed E-state index contributed by atoms with van der Waals surface area (Å²) >= 11 is 3.55. The fourth-order valence-electron chi connectivity index (χ4n) is 9.83. The van der Waals surface area contributed by atoms with Crippen LogP contribution in [0.3, 0.4) is 0 Å². The van der Waals surface area contributed by atoms with E-state index in [1.807, 2.05) is 38.7 Å². The molecule has 0 bridgehead atoms. The topological polar surface area (TPSA) is 167 Å². The van der Waals surface area contributed by atoms with Gasteiger partial charge in [-0.05, 0) is 89.4 Å². The molecule has 70 heavy (non-hydrogen) atoms. The monoisotopic (exact) mass is 1040 g/mol. The zero-order valence-electron chi connectivity index (χ0n) is 39.5. The van der Waals surface area contributed by atoms with Gasteiger partial charge in [0.2, 0.25) is 0 Å². The first kappa shape index (κ1) is 48.8. The summed E-state index contributed by atoms with van der Waals surface area (Å²) in [7, 11) is -8.76. The zero-order chi connectivity index (χ0) is 50.4. The number of anilines is 4. The fraction of sp³-hybridized carbons (Fsp3) is 0.231. The normalized spacial score (nSPS) is 14.9. The Hall–Kier alpha value is -6.18. The Morgan fingerprint density at radius 3 is 1.46 bits per heavy atom. The highest BCUT2D eigenvalue weighted by Gasteiger charge is 2.41. The third-order valence-electron chi connectivity index (χ3n) is 12.9. The van der Waals surface area contributed by atoms with Gasteiger partial charge in [-0.3, -0.25) is 9.97 Å². The Morgan fingerprint density at radius 2 is 1.03 bits per heavy atom. The molecule has 0 radical (unpaired) electrons. The Labute approximate surface area is 414 Å². The molecule has 2 N–H and O–H groups in total. The van der Waals surface area contributed by atoms with Crippen LogP contribution in [0.1, 0.15) is 50.2 Å². The zero-order valence-corrected chi connectivity index (χ0v) is 42.8. The predicted molar refractivity (Wildman–Crippen MR) is 276 cm³/mol. The number of nitrogens with zero attached hydrogens (tertiary/aromatic N) is 6. The van der Waals surface area contributed by atoms with Crippen molar-refractivity contribution in [3.8, 4) is 22.5 Å². The van der Waals surface area contributed by atoms with Crippen molar-refractivity contribution in [2.24, 2.45) is 0 Å². The van der Waals surface area contributed by atoms with E-state index in [4.69, 9.17) is 15.0 Å². The summed E-state index contributed by atoms with van der Waals surface area (Å²) in [5.41, 5.74) is 8.94. The lowest BCUT2D eigenvalue weighted by molar-refractivity contribution is 0.425. The van der Waals surface area contributed by atoms with Crippen LogP contribution in [0.2, 0.25) is 0 Å². The average molecular weight is 1050 g/mol. The summed E-state index contributed by atoms with van der Waals surface area (Å²) in [6.07, 6.45) is 5.58. The number of fused-ring (bicyclic) bond motifs is 4. The summed E-state index contributed by atoms with van der Waals surface area (Å²) in [5.74, 6) is -0.856. The van der Waals surface area contributed by atoms with Crippen LogP contribution in [0.5, 0.6) is 0 Å². The SMILES string of the molecule is Cc1c(-c2ccccc2S(C)(=O)=O)nc2cc(F)ccc2c1N1CC(C)(C)c2ncc(B(O)O)cc21.Cc1c(-c2ccccc2S(C)(=O)=O)nc2cc(F)ccc2c1N1CC(C)(C)c2ncc(Br)cc21. The molecule has 18 heteroatoms. The second-order valence-electron chi connectivity index (χ2n) is 19.2. The molecule has 8 aromatic rings. The maximum atomic E-state index is 14.3. The number of aromatic nitrogens is 4. The van der Waals surface area contributed by atoms with Crippen molar-refractivity contribution in [3.05, 3.63) is 148 Å². The van der Waals surface area contributed by atoms with Gasteiger partial charge in [0.15, 0.2) is 19.7 Å². The average Bonchev–Trinajstić information content (AvgIpc) is 3.71. The molecule has 2 aliphatic heterocycles. The number of rotatable bonds is 7. The van der Waals surface area contributed by atoms with E-state index in [0.717, 1.165) is 50.1 Å². The molecule has 0 saturated carbocycles. The largest absolute Gasteiger partial charge is 0.490 e. The van der Waals surface area contributed by atoms with Crippen molar-refractivity contribution < 1.29 is 35.7 Å². The van der Waals surface area contributed by atoms with Crippen LogP contribution in [0.15, 0.2) is 124 Å². The third-order valence-corrected chi connectivity index (χ3v) is 15.7. The summed E-state index contributed by atoms with van der Waals surface area (Å²) in [6, 6.07) is 26.1. The first-order valence-corrected chi connectivity index (χ1v) is 26.8.